The average molecular weight is 441 g/mol. The number of phenols is 1. The smallest absolute Gasteiger partial charge is 0.336 e. The van der Waals surface area contributed by atoms with E-state index in [0.29, 0.717) is 34.0 Å². The van der Waals surface area contributed by atoms with E-state index in [1.54, 1.807) is 29.7 Å². The Labute approximate surface area is 180 Å². The summed E-state index contributed by atoms with van der Waals surface area (Å²) in [5, 5.41) is 11.9. The van der Waals surface area contributed by atoms with Crippen molar-refractivity contribution in [3.05, 3.63) is 73.2 Å². The molecule has 0 saturated heterocycles. The molecule has 0 aliphatic rings. The van der Waals surface area contributed by atoms with E-state index in [-0.39, 0.29) is 11.3 Å². The molecule has 30 heavy (non-hydrogen) atoms. The number of phenolic OH excluding ortho intramolecular Hbond substituents is 1. The number of allylic oxidation sites excluding steroid dienone is 1. The van der Waals surface area contributed by atoms with Crippen molar-refractivity contribution in [2.45, 2.75) is 38.2 Å². The van der Waals surface area contributed by atoms with Gasteiger partial charge in [0.2, 0.25) is 0 Å². The van der Waals surface area contributed by atoms with Crippen LogP contribution in [0.1, 0.15) is 21.6 Å². The highest BCUT2D eigenvalue weighted by atomic mass is 32.2. The fraction of sp³-hybridized carbons (Fsp3) is 0.227. The van der Waals surface area contributed by atoms with Gasteiger partial charge in [0, 0.05) is 34.2 Å². The van der Waals surface area contributed by atoms with E-state index in [2.05, 4.69) is 6.58 Å². The van der Waals surface area contributed by atoms with Gasteiger partial charge in [-0.05, 0) is 44.0 Å². The molecule has 1 N–H and O–H groups in total. The predicted molar refractivity (Wildman–Crippen MR) is 122 cm³/mol. The molecule has 0 fully saturated rings. The molecule has 0 aliphatic carbocycles. The molecule has 0 spiro atoms. The van der Waals surface area contributed by atoms with Crippen molar-refractivity contribution in [1.82, 2.24) is 9.55 Å². The largest absolute Gasteiger partial charge is 0.508 e. The van der Waals surface area contributed by atoms with Crippen LogP contribution in [-0.2, 0) is 12.3 Å². The number of aryl methyl sites for hydroxylation is 3. The van der Waals surface area contributed by atoms with Gasteiger partial charge in [0.15, 0.2) is 5.16 Å². The molecule has 0 bridgehead atoms. The van der Waals surface area contributed by atoms with E-state index in [9.17, 15) is 14.7 Å². The summed E-state index contributed by atoms with van der Waals surface area (Å²) in [6.45, 7) is 9.74. The molecular weight excluding hydrogens is 420 g/mol. The quantitative estimate of drug-likeness (QED) is 0.210. The van der Waals surface area contributed by atoms with E-state index < -0.39 is 5.63 Å². The van der Waals surface area contributed by atoms with Crippen LogP contribution < -0.4 is 11.2 Å². The second kappa shape index (κ2) is 7.77. The second-order valence-corrected chi connectivity index (χ2v) is 9.17. The standard InChI is InChI=1S/C22H20N2O4S2/c1-5-8-24-21(27)18-11(2)13(4)30-20(18)23-22(24)29-10-14-9-17(26)28-19-12(3)16(25)7-6-15(14)19/h5-7,9,25H,1,8,10H2,2-4H3. The molecule has 4 aromatic rings. The van der Waals surface area contributed by atoms with Crippen LogP contribution in [-0.4, -0.2) is 14.7 Å². The summed E-state index contributed by atoms with van der Waals surface area (Å²) in [7, 11) is 0. The first kappa shape index (κ1) is 20.4. The lowest BCUT2D eigenvalue weighted by atomic mass is 10.1. The highest BCUT2D eigenvalue weighted by molar-refractivity contribution is 7.98. The molecule has 0 amide bonds. The molecule has 0 aliphatic heterocycles. The number of hydrogen-bond acceptors (Lipinski definition) is 7. The zero-order valence-corrected chi connectivity index (χ0v) is 18.4. The number of nitrogens with zero attached hydrogens (tertiary/aromatic N) is 2. The van der Waals surface area contributed by atoms with Gasteiger partial charge in [0.05, 0.1) is 5.39 Å². The lowest BCUT2D eigenvalue weighted by molar-refractivity contribution is 0.468. The van der Waals surface area contributed by atoms with E-state index >= 15 is 0 Å². The van der Waals surface area contributed by atoms with Crippen LogP contribution in [0.25, 0.3) is 21.2 Å². The first-order valence-corrected chi connectivity index (χ1v) is 11.1. The fourth-order valence-electron chi connectivity index (χ4n) is 3.39. The van der Waals surface area contributed by atoms with Gasteiger partial charge in [-0.15, -0.1) is 17.9 Å². The maximum Gasteiger partial charge on any atom is 0.336 e. The molecule has 154 valence electrons. The number of benzene rings is 1. The zero-order valence-electron chi connectivity index (χ0n) is 16.8. The zero-order chi connectivity index (χ0) is 21.6. The number of thiophene rings is 1. The van der Waals surface area contributed by atoms with Crippen LogP contribution in [0.3, 0.4) is 0 Å². The Kier molecular flexibility index (Phi) is 5.29. The van der Waals surface area contributed by atoms with E-state index in [4.69, 9.17) is 9.40 Å². The third kappa shape index (κ3) is 3.36. The maximum atomic E-state index is 13.1. The third-order valence-electron chi connectivity index (χ3n) is 5.14. The predicted octanol–water partition coefficient (Wildman–Crippen LogP) is 4.67. The van der Waals surface area contributed by atoms with Crippen molar-refractivity contribution < 1.29 is 9.52 Å². The first-order valence-electron chi connectivity index (χ1n) is 9.31. The summed E-state index contributed by atoms with van der Waals surface area (Å²) < 4.78 is 6.93. The van der Waals surface area contributed by atoms with Crippen molar-refractivity contribution in [1.29, 1.82) is 0 Å². The summed E-state index contributed by atoms with van der Waals surface area (Å²) in [4.78, 5) is 31.7. The molecule has 3 heterocycles. The number of thioether (sulfide) groups is 1. The van der Waals surface area contributed by atoms with Gasteiger partial charge in [-0.1, -0.05) is 17.8 Å². The number of rotatable bonds is 5. The topological polar surface area (TPSA) is 85.3 Å². The molecular formula is C22H20N2O4S2. The van der Waals surface area contributed by atoms with E-state index in [1.165, 1.54) is 29.2 Å². The van der Waals surface area contributed by atoms with Gasteiger partial charge in [-0.3, -0.25) is 9.36 Å². The van der Waals surface area contributed by atoms with Crippen molar-refractivity contribution in [2.24, 2.45) is 0 Å². The summed E-state index contributed by atoms with van der Waals surface area (Å²) in [6.07, 6.45) is 1.67. The Morgan fingerprint density at radius 2 is 2.03 bits per heavy atom. The fourth-order valence-corrected chi connectivity index (χ4v) is 5.46. The monoisotopic (exact) mass is 440 g/mol. The Bertz CT molecular complexity index is 1430. The maximum absolute atomic E-state index is 13.1. The Morgan fingerprint density at radius 1 is 1.27 bits per heavy atom. The van der Waals surface area contributed by atoms with Crippen LogP contribution in [0.4, 0.5) is 0 Å². The minimum absolute atomic E-state index is 0.0748. The van der Waals surface area contributed by atoms with Crippen LogP contribution in [0.2, 0.25) is 0 Å². The van der Waals surface area contributed by atoms with Crippen molar-refractivity contribution >= 4 is 44.3 Å². The highest BCUT2D eigenvalue weighted by Gasteiger charge is 2.17. The summed E-state index contributed by atoms with van der Waals surface area (Å²) in [6, 6.07) is 4.76. The molecule has 0 atom stereocenters. The second-order valence-electron chi connectivity index (χ2n) is 7.03. The van der Waals surface area contributed by atoms with Gasteiger partial charge in [0.25, 0.3) is 5.56 Å². The minimum Gasteiger partial charge on any atom is -0.508 e. The minimum atomic E-state index is -0.483. The first-order chi connectivity index (χ1) is 14.3. The molecule has 4 rings (SSSR count). The number of fused-ring (bicyclic) bond motifs is 2. The SMILES string of the molecule is C=CCn1c(SCc2cc(=O)oc3c(C)c(O)ccc23)nc2sc(C)c(C)c2c1=O. The summed E-state index contributed by atoms with van der Waals surface area (Å²) in [5.74, 6) is 0.496. The van der Waals surface area contributed by atoms with Crippen molar-refractivity contribution in [2.75, 3.05) is 0 Å². The van der Waals surface area contributed by atoms with Gasteiger partial charge in [-0.2, -0.15) is 0 Å². The Balaban J connectivity index is 1.82. The number of aromatic hydroxyl groups is 1. The van der Waals surface area contributed by atoms with Crippen LogP contribution in [0.15, 0.2) is 50.0 Å². The van der Waals surface area contributed by atoms with Crippen molar-refractivity contribution in [3.8, 4) is 5.75 Å². The highest BCUT2D eigenvalue weighted by Crippen LogP contribution is 2.32. The van der Waals surface area contributed by atoms with Gasteiger partial charge < -0.3 is 9.52 Å². The molecule has 0 radical (unpaired) electrons. The average Bonchev–Trinajstić information content (AvgIpc) is 2.99. The van der Waals surface area contributed by atoms with E-state index in [1.807, 2.05) is 13.8 Å². The van der Waals surface area contributed by atoms with Crippen LogP contribution in [0, 0.1) is 20.8 Å². The lowest BCUT2D eigenvalue weighted by Gasteiger charge is -2.11. The van der Waals surface area contributed by atoms with E-state index in [0.717, 1.165) is 26.2 Å². The number of hydrogen-bond donors (Lipinski definition) is 1. The molecule has 3 aromatic heterocycles. The summed E-state index contributed by atoms with van der Waals surface area (Å²) >= 11 is 2.89. The van der Waals surface area contributed by atoms with Gasteiger partial charge in [-0.25, -0.2) is 9.78 Å². The van der Waals surface area contributed by atoms with Gasteiger partial charge in [0.1, 0.15) is 16.2 Å². The Morgan fingerprint density at radius 3 is 2.77 bits per heavy atom. The van der Waals surface area contributed by atoms with Crippen LogP contribution in [0.5, 0.6) is 5.75 Å². The lowest BCUT2D eigenvalue weighted by Crippen LogP contribution is -2.22. The normalized spacial score (nSPS) is 11.4. The van der Waals surface area contributed by atoms with Crippen LogP contribution >= 0.6 is 23.1 Å². The molecule has 0 saturated carbocycles. The number of aromatic nitrogens is 2. The molecule has 6 nitrogen and oxygen atoms in total. The third-order valence-corrected chi connectivity index (χ3v) is 7.27. The molecule has 1 aromatic carbocycles. The molecule has 0 unspecified atom stereocenters. The van der Waals surface area contributed by atoms with Crippen molar-refractivity contribution in [3.63, 3.8) is 0 Å². The molecule has 8 heteroatoms. The summed E-state index contributed by atoms with van der Waals surface area (Å²) in [5.41, 5.74) is 2.04. The van der Waals surface area contributed by atoms with Gasteiger partial charge >= 0.3 is 5.63 Å². The Hall–Kier alpha value is -2.84.